The number of guanidine groups is 1. The number of halogens is 1. The third-order valence-electron chi connectivity index (χ3n) is 5.07. The van der Waals surface area contributed by atoms with E-state index in [1.54, 1.807) is 12.4 Å². The van der Waals surface area contributed by atoms with Crippen LogP contribution >= 0.6 is 24.0 Å². The molecule has 0 atom stereocenters. The molecule has 1 aliphatic rings. The number of anilines is 1. The van der Waals surface area contributed by atoms with E-state index in [4.69, 9.17) is 0 Å². The van der Waals surface area contributed by atoms with Crippen molar-refractivity contribution in [3.05, 3.63) is 72.3 Å². The molecule has 0 bridgehead atoms. The van der Waals surface area contributed by atoms with Gasteiger partial charge >= 0.3 is 0 Å². The maximum Gasteiger partial charge on any atom is 0.225 e. The summed E-state index contributed by atoms with van der Waals surface area (Å²) in [7, 11) is 1.84. The Balaban J connectivity index is 0.00000256. The number of hydrogen-bond donors (Lipinski definition) is 1. The molecule has 4 rings (SSSR count). The fourth-order valence-corrected chi connectivity index (χ4v) is 3.53. The van der Waals surface area contributed by atoms with Crippen molar-refractivity contribution in [1.29, 1.82) is 0 Å². The average molecular weight is 518 g/mol. The summed E-state index contributed by atoms with van der Waals surface area (Å²) in [5, 5.41) is 7.85. The van der Waals surface area contributed by atoms with E-state index in [1.807, 2.05) is 36.3 Å². The fraction of sp³-hybridized carbons (Fsp3) is 0.333. The molecule has 8 nitrogen and oxygen atoms in total. The second kappa shape index (κ2) is 10.9. The van der Waals surface area contributed by atoms with E-state index in [9.17, 15) is 0 Å². The molecule has 0 radical (unpaired) electrons. The molecule has 2 aromatic heterocycles. The first-order valence-electron chi connectivity index (χ1n) is 9.85. The molecule has 0 unspecified atom stereocenters. The molecule has 0 saturated carbocycles. The molecule has 3 heterocycles. The van der Waals surface area contributed by atoms with Gasteiger partial charge in [0.1, 0.15) is 0 Å². The minimum absolute atomic E-state index is 0. The smallest absolute Gasteiger partial charge is 0.225 e. The van der Waals surface area contributed by atoms with Crippen molar-refractivity contribution < 1.29 is 0 Å². The monoisotopic (exact) mass is 518 g/mol. The van der Waals surface area contributed by atoms with Gasteiger partial charge in [0.2, 0.25) is 5.95 Å². The van der Waals surface area contributed by atoms with Gasteiger partial charge in [-0.15, -0.1) is 24.0 Å². The Morgan fingerprint density at radius 1 is 0.967 bits per heavy atom. The van der Waals surface area contributed by atoms with Crippen LogP contribution in [0.15, 0.2) is 66.2 Å². The molecule has 30 heavy (non-hydrogen) atoms. The molecular weight excluding hydrogens is 491 g/mol. The van der Waals surface area contributed by atoms with Crippen LogP contribution in [0.4, 0.5) is 5.95 Å². The minimum Gasteiger partial charge on any atom is -0.352 e. The zero-order valence-corrected chi connectivity index (χ0v) is 19.4. The number of rotatable bonds is 5. The molecule has 0 aliphatic carbocycles. The minimum atomic E-state index is 0. The van der Waals surface area contributed by atoms with Gasteiger partial charge in [0.15, 0.2) is 5.96 Å². The van der Waals surface area contributed by atoms with E-state index in [2.05, 4.69) is 59.4 Å². The maximum atomic E-state index is 4.49. The van der Waals surface area contributed by atoms with Crippen LogP contribution in [-0.4, -0.2) is 63.8 Å². The van der Waals surface area contributed by atoms with Gasteiger partial charge in [-0.3, -0.25) is 9.67 Å². The third kappa shape index (κ3) is 5.47. The summed E-state index contributed by atoms with van der Waals surface area (Å²) >= 11 is 0. The van der Waals surface area contributed by atoms with E-state index in [0.717, 1.165) is 51.2 Å². The first kappa shape index (κ1) is 22.0. The quantitative estimate of drug-likeness (QED) is 0.318. The fourth-order valence-electron chi connectivity index (χ4n) is 3.53. The van der Waals surface area contributed by atoms with E-state index in [1.165, 1.54) is 11.1 Å². The lowest BCUT2D eigenvalue weighted by atomic mass is 10.1. The zero-order valence-electron chi connectivity index (χ0n) is 17.1. The Morgan fingerprint density at radius 2 is 1.70 bits per heavy atom. The van der Waals surface area contributed by atoms with Gasteiger partial charge in [-0.25, -0.2) is 9.97 Å². The van der Waals surface area contributed by atoms with E-state index in [0.29, 0.717) is 0 Å². The number of aliphatic imine (C=N–C) groups is 1. The molecule has 158 valence electrons. The van der Waals surface area contributed by atoms with Crippen molar-refractivity contribution in [1.82, 2.24) is 30.0 Å². The third-order valence-corrected chi connectivity index (χ3v) is 5.07. The first-order chi connectivity index (χ1) is 14.3. The summed E-state index contributed by atoms with van der Waals surface area (Å²) in [5.74, 6) is 1.72. The van der Waals surface area contributed by atoms with Crippen LogP contribution in [0.25, 0.3) is 0 Å². The van der Waals surface area contributed by atoms with Crippen LogP contribution in [-0.2, 0) is 13.1 Å². The number of piperazine rings is 1. The molecule has 1 N–H and O–H groups in total. The Kier molecular flexibility index (Phi) is 8.00. The lowest BCUT2D eigenvalue weighted by Crippen LogP contribution is -2.52. The second-order valence-corrected chi connectivity index (χ2v) is 6.90. The van der Waals surface area contributed by atoms with Crippen LogP contribution in [0.1, 0.15) is 11.1 Å². The molecule has 1 aromatic carbocycles. The average Bonchev–Trinajstić information content (AvgIpc) is 3.29. The van der Waals surface area contributed by atoms with Crippen molar-refractivity contribution in [3.8, 4) is 0 Å². The number of nitrogens with zero attached hydrogens (tertiary/aromatic N) is 7. The summed E-state index contributed by atoms with van der Waals surface area (Å²) in [5.41, 5.74) is 2.51. The highest BCUT2D eigenvalue weighted by atomic mass is 127. The number of hydrogen-bond acceptors (Lipinski definition) is 5. The number of aromatic nitrogens is 4. The molecule has 9 heteroatoms. The molecule has 0 amide bonds. The van der Waals surface area contributed by atoms with Gasteiger partial charge in [0, 0.05) is 64.6 Å². The standard InChI is InChI=1S/C21H26N8.HI/c1-22-20(27-12-14-28(15-13-27)21-23-8-4-9-24-21)25-16-18-6-2-3-7-19(18)17-29-11-5-10-26-29;/h2-11H,12-17H2,1H3,(H,22,25);1H. The Hall–Kier alpha value is -2.69. The van der Waals surface area contributed by atoms with Crippen LogP contribution in [0.2, 0.25) is 0 Å². The van der Waals surface area contributed by atoms with Gasteiger partial charge in [-0.05, 0) is 23.3 Å². The van der Waals surface area contributed by atoms with Crippen LogP contribution in [0.5, 0.6) is 0 Å². The predicted octanol–water partition coefficient (Wildman–Crippen LogP) is 2.24. The molecule has 3 aromatic rings. The molecular formula is C21H27IN8. The van der Waals surface area contributed by atoms with Crippen LogP contribution in [0.3, 0.4) is 0 Å². The molecule has 0 spiro atoms. The molecule has 1 saturated heterocycles. The van der Waals surface area contributed by atoms with Crippen molar-refractivity contribution in [2.75, 3.05) is 38.1 Å². The van der Waals surface area contributed by atoms with Gasteiger partial charge < -0.3 is 15.1 Å². The van der Waals surface area contributed by atoms with Gasteiger partial charge in [-0.1, -0.05) is 24.3 Å². The Bertz CT molecular complexity index is 921. The predicted molar refractivity (Wildman–Crippen MR) is 129 cm³/mol. The van der Waals surface area contributed by atoms with Crippen molar-refractivity contribution in [3.63, 3.8) is 0 Å². The summed E-state index contributed by atoms with van der Waals surface area (Å²) in [6, 6.07) is 12.2. The lowest BCUT2D eigenvalue weighted by Gasteiger charge is -2.36. The molecule has 1 aliphatic heterocycles. The maximum absolute atomic E-state index is 4.49. The van der Waals surface area contributed by atoms with Gasteiger partial charge in [-0.2, -0.15) is 5.10 Å². The highest BCUT2D eigenvalue weighted by molar-refractivity contribution is 14.0. The van der Waals surface area contributed by atoms with Crippen molar-refractivity contribution in [2.45, 2.75) is 13.1 Å². The Morgan fingerprint density at radius 3 is 2.37 bits per heavy atom. The summed E-state index contributed by atoms with van der Waals surface area (Å²) < 4.78 is 1.94. The van der Waals surface area contributed by atoms with Crippen molar-refractivity contribution >= 4 is 35.9 Å². The normalized spacial score (nSPS) is 14.4. The first-order valence-corrected chi connectivity index (χ1v) is 9.85. The van der Waals surface area contributed by atoms with Crippen LogP contribution in [0, 0.1) is 0 Å². The van der Waals surface area contributed by atoms with Crippen molar-refractivity contribution in [2.24, 2.45) is 4.99 Å². The van der Waals surface area contributed by atoms with Gasteiger partial charge in [0.25, 0.3) is 0 Å². The van der Waals surface area contributed by atoms with E-state index >= 15 is 0 Å². The van der Waals surface area contributed by atoms with Gasteiger partial charge in [0.05, 0.1) is 6.54 Å². The highest BCUT2D eigenvalue weighted by Crippen LogP contribution is 2.12. The van der Waals surface area contributed by atoms with Crippen LogP contribution < -0.4 is 10.2 Å². The largest absolute Gasteiger partial charge is 0.352 e. The summed E-state index contributed by atoms with van der Waals surface area (Å²) in [6.07, 6.45) is 7.37. The van der Waals surface area contributed by atoms with E-state index in [-0.39, 0.29) is 24.0 Å². The SMILES string of the molecule is CN=C(NCc1ccccc1Cn1cccn1)N1CCN(c2ncccn2)CC1.I. The summed E-state index contributed by atoms with van der Waals surface area (Å²) in [4.78, 5) is 17.7. The zero-order chi connectivity index (χ0) is 19.9. The lowest BCUT2D eigenvalue weighted by molar-refractivity contribution is 0.370. The second-order valence-electron chi connectivity index (χ2n) is 6.90. The molecule has 1 fully saturated rings. The topological polar surface area (TPSA) is 74.5 Å². The number of nitrogens with one attached hydrogen (secondary N) is 1. The highest BCUT2D eigenvalue weighted by Gasteiger charge is 2.21. The van der Waals surface area contributed by atoms with E-state index < -0.39 is 0 Å². The summed E-state index contributed by atoms with van der Waals surface area (Å²) in [6.45, 7) is 5.01. The Labute approximate surface area is 194 Å². The number of benzene rings is 1.